The summed E-state index contributed by atoms with van der Waals surface area (Å²) in [6.45, 7) is 2.02. The highest BCUT2D eigenvalue weighted by atomic mass is 16.3. The number of nitrogens with one attached hydrogen (secondary N) is 1. The van der Waals surface area contributed by atoms with Gasteiger partial charge in [0.2, 0.25) is 0 Å². The van der Waals surface area contributed by atoms with Crippen LogP contribution >= 0.6 is 0 Å². The summed E-state index contributed by atoms with van der Waals surface area (Å²) >= 11 is 0. The van der Waals surface area contributed by atoms with Crippen LogP contribution in [0, 0.1) is 0 Å². The van der Waals surface area contributed by atoms with Gasteiger partial charge in [0.1, 0.15) is 0 Å². The van der Waals surface area contributed by atoms with Crippen LogP contribution in [0.15, 0.2) is 0 Å². The summed E-state index contributed by atoms with van der Waals surface area (Å²) < 4.78 is 0. The Morgan fingerprint density at radius 3 is 2.36 bits per heavy atom. The third kappa shape index (κ3) is 2.27. The predicted molar refractivity (Wildman–Crippen MR) is 57.3 cm³/mol. The van der Waals surface area contributed by atoms with Crippen LogP contribution in [0.1, 0.15) is 32.1 Å². The number of hydrogen-bond donors (Lipinski definition) is 2. The van der Waals surface area contributed by atoms with E-state index >= 15 is 0 Å². The molecule has 2 aliphatic rings. The van der Waals surface area contributed by atoms with E-state index in [-0.39, 0.29) is 6.10 Å². The highest BCUT2D eigenvalue weighted by Gasteiger charge is 2.29. The van der Waals surface area contributed by atoms with Crippen LogP contribution in [0.4, 0.5) is 0 Å². The molecule has 14 heavy (non-hydrogen) atoms. The molecule has 0 aromatic rings. The third-order valence-electron chi connectivity index (χ3n) is 3.82. The number of rotatable bonds is 2. The highest BCUT2D eigenvalue weighted by Crippen LogP contribution is 2.25. The van der Waals surface area contributed by atoms with Gasteiger partial charge in [-0.2, -0.15) is 0 Å². The first-order valence-electron chi connectivity index (χ1n) is 5.89. The molecule has 0 aromatic heterocycles. The first kappa shape index (κ1) is 10.4. The monoisotopic (exact) mass is 198 g/mol. The smallest absolute Gasteiger partial charge is 0.0679 e. The van der Waals surface area contributed by atoms with Crippen molar-refractivity contribution in [2.24, 2.45) is 0 Å². The summed E-state index contributed by atoms with van der Waals surface area (Å²) in [7, 11) is 2.06. The minimum Gasteiger partial charge on any atom is -0.392 e. The van der Waals surface area contributed by atoms with Gasteiger partial charge in [-0.1, -0.05) is 0 Å². The Bertz CT molecular complexity index is 178. The summed E-state index contributed by atoms with van der Waals surface area (Å²) in [6, 6.07) is 1.48. The van der Waals surface area contributed by atoms with Gasteiger partial charge in [0, 0.05) is 25.2 Å². The van der Waals surface area contributed by atoms with Gasteiger partial charge in [-0.3, -0.25) is 4.90 Å². The van der Waals surface area contributed by atoms with E-state index in [1.54, 1.807) is 0 Å². The lowest BCUT2D eigenvalue weighted by Crippen LogP contribution is -2.40. The molecule has 0 unspecified atom stereocenters. The van der Waals surface area contributed by atoms with Crippen LogP contribution in [-0.2, 0) is 0 Å². The van der Waals surface area contributed by atoms with Crippen molar-refractivity contribution in [1.29, 1.82) is 0 Å². The minimum atomic E-state index is -0.0583. The molecule has 3 heteroatoms. The Morgan fingerprint density at radius 1 is 1.14 bits per heavy atom. The summed E-state index contributed by atoms with van der Waals surface area (Å²) in [6.07, 6.45) is 6.13. The standard InChI is InChI=1S/C11H22N2O/c1-12-9-2-4-10(5-3-9)13-7-6-11(14)8-13/h9-12,14H,2-8H2,1H3/t9?,10?,11-/m0/s1. The van der Waals surface area contributed by atoms with Crippen molar-refractivity contribution >= 4 is 0 Å². The molecule has 82 valence electrons. The fraction of sp³-hybridized carbons (Fsp3) is 1.00. The van der Waals surface area contributed by atoms with Gasteiger partial charge >= 0.3 is 0 Å². The average molecular weight is 198 g/mol. The molecule has 1 saturated heterocycles. The van der Waals surface area contributed by atoms with E-state index in [9.17, 15) is 5.11 Å². The molecule has 2 rings (SSSR count). The van der Waals surface area contributed by atoms with E-state index in [1.807, 2.05) is 0 Å². The van der Waals surface area contributed by atoms with E-state index in [0.717, 1.165) is 31.6 Å². The quantitative estimate of drug-likeness (QED) is 0.681. The zero-order valence-corrected chi connectivity index (χ0v) is 9.08. The van der Waals surface area contributed by atoms with Crippen LogP contribution in [0.25, 0.3) is 0 Å². The second-order valence-electron chi connectivity index (χ2n) is 4.73. The van der Waals surface area contributed by atoms with E-state index < -0.39 is 0 Å². The molecule has 3 nitrogen and oxygen atoms in total. The van der Waals surface area contributed by atoms with Crippen molar-refractivity contribution in [3.63, 3.8) is 0 Å². The molecule has 1 saturated carbocycles. The molecule has 0 aromatic carbocycles. The lowest BCUT2D eigenvalue weighted by atomic mass is 9.90. The maximum absolute atomic E-state index is 9.47. The average Bonchev–Trinajstić information content (AvgIpc) is 2.65. The molecule has 1 aliphatic heterocycles. The summed E-state index contributed by atoms with van der Waals surface area (Å²) in [5.41, 5.74) is 0. The molecular formula is C11H22N2O. The van der Waals surface area contributed by atoms with Crippen molar-refractivity contribution in [3.8, 4) is 0 Å². The third-order valence-corrected chi connectivity index (χ3v) is 3.82. The molecule has 2 fully saturated rings. The maximum Gasteiger partial charge on any atom is 0.0679 e. The van der Waals surface area contributed by atoms with Crippen LogP contribution in [-0.4, -0.2) is 48.3 Å². The number of nitrogens with zero attached hydrogens (tertiary/aromatic N) is 1. The molecule has 2 N–H and O–H groups in total. The van der Waals surface area contributed by atoms with Crippen molar-refractivity contribution in [3.05, 3.63) is 0 Å². The fourth-order valence-corrected chi connectivity index (χ4v) is 2.83. The molecule has 1 heterocycles. The lowest BCUT2D eigenvalue weighted by Gasteiger charge is -2.34. The normalized spacial score (nSPS) is 40.3. The predicted octanol–water partition coefficient (Wildman–Crippen LogP) is 0.584. The number of hydrogen-bond acceptors (Lipinski definition) is 3. The molecule has 0 bridgehead atoms. The fourth-order valence-electron chi connectivity index (χ4n) is 2.83. The lowest BCUT2D eigenvalue weighted by molar-refractivity contribution is 0.136. The number of aliphatic hydroxyl groups is 1. The highest BCUT2D eigenvalue weighted by molar-refractivity contribution is 4.86. The molecule has 0 spiro atoms. The Kier molecular flexibility index (Phi) is 3.42. The van der Waals surface area contributed by atoms with Gasteiger partial charge in [0.05, 0.1) is 6.10 Å². The van der Waals surface area contributed by atoms with E-state index in [0.29, 0.717) is 0 Å². The van der Waals surface area contributed by atoms with Crippen molar-refractivity contribution < 1.29 is 5.11 Å². The van der Waals surface area contributed by atoms with Gasteiger partial charge in [-0.05, 0) is 39.2 Å². The maximum atomic E-state index is 9.47. The van der Waals surface area contributed by atoms with Gasteiger partial charge in [-0.25, -0.2) is 0 Å². The van der Waals surface area contributed by atoms with E-state index in [1.165, 1.54) is 25.7 Å². The van der Waals surface area contributed by atoms with Gasteiger partial charge < -0.3 is 10.4 Å². The SMILES string of the molecule is CNC1CCC(N2CC[C@H](O)C2)CC1. The minimum absolute atomic E-state index is 0.0583. The molecule has 0 radical (unpaired) electrons. The Hall–Kier alpha value is -0.120. The molecule has 0 amide bonds. The Morgan fingerprint density at radius 2 is 1.86 bits per heavy atom. The van der Waals surface area contributed by atoms with E-state index in [2.05, 4.69) is 17.3 Å². The number of β-amino-alcohol motifs (C(OH)–C–C–N with tert-alkyl or cyclic N) is 1. The van der Waals surface area contributed by atoms with Crippen LogP contribution in [0.2, 0.25) is 0 Å². The molecule has 1 atom stereocenters. The molecular weight excluding hydrogens is 176 g/mol. The first-order valence-corrected chi connectivity index (χ1v) is 5.89. The summed E-state index contributed by atoms with van der Waals surface area (Å²) in [4.78, 5) is 2.48. The van der Waals surface area contributed by atoms with Gasteiger partial charge in [0.15, 0.2) is 0 Å². The molecule has 1 aliphatic carbocycles. The largest absolute Gasteiger partial charge is 0.392 e. The summed E-state index contributed by atoms with van der Waals surface area (Å²) in [5.74, 6) is 0. The zero-order valence-electron chi connectivity index (χ0n) is 9.08. The van der Waals surface area contributed by atoms with Gasteiger partial charge in [0.25, 0.3) is 0 Å². The second-order valence-corrected chi connectivity index (χ2v) is 4.73. The van der Waals surface area contributed by atoms with E-state index in [4.69, 9.17) is 0 Å². The van der Waals surface area contributed by atoms with Crippen molar-refractivity contribution in [2.45, 2.75) is 50.3 Å². The van der Waals surface area contributed by atoms with Gasteiger partial charge in [-0.15, -0.1) is 0 Å². The first-order chi connectivity index (χ1) is 6.79. The van der Waals surface area contributed by atoms with Crippen LogP contribution in [0.5, 0.6) is 0 Å². The summed E-state index contributed by atoms with van der Waals surface area (Å²) in [5, 5.41) is 12.8. The Labute approximate surface area is 86.5 Å². The van der Waals surface area contributed by atoms with Crippen molar-refractivity contribution in [2.75, 3.05) is 20.1 Å². The second kappa shape index (κ2) is 4.60. The van der Waals surface area contributed by atoms with Crippen LogP contribution in [0.3, 0.4) is 0 Å². The zero-order chi connectivity index (χ0) is 9.97. The van der Waals surface area contributed by atoms with Crippen molar-refractivity contribution in [1.82, 2.24) is 10.2 Å². The topological polar surface area (TPSA) is 35.5 Å². The van der Waals surface area contributed by atoms with Crippen LogP contribution < -0.4 is 5.32 Å². The number of likely N-dealkylation sites (tertiary alicyclic amines) is 1. The number of aliphatic hydroxyl groups excluding tert-OH is 1. The Balaban J connectivity index is 1.78.